The number of likely N-dealkylation sites (tertiary alicyclic amines) is 1. The van der Waals surface area contributed by atoms with Crippen molar-refractivity contribution in [1.29, 1.82) is 0 Å². The van der Waals surface area contributed by atoms with E-state index in [0.29, 0.717) is 11.8 Å². The zero-order chi connectivity index (χ0) is 14.8. The Kier molecular flexibility index (Phi) is 4.11. The Morgan fingerprint density at radius 2 is 1.76 bits per heavy atom. The summed E-state index contributed by atoms with van der Waals surface area (Å²) < 4.78 is 0. The summed E-state index contributed by atoms with van der Waals surface area (Å²) in [5.41, 5.74) is 2.19. The van der Waals surface area contributed by atoms with Crippen LogP contribution in [0.25, 0.3) is 11.1 Å². The molecule has 0 N–H and O–H groups in total. The van der Waals surface area contributed by atoms with Gasteiger partial charge in [-0.1, -0.05) is 44.2 Å². The molecule has 1 saturated heterocycles. The van der Waals surface area contributed by atoms with Crippen LogP contribution in [-0.2, 0) is 0 Å². The van der Waals surface area contributed by atoms with Crippen molar-refractivity contribution in [3.05, 3.63) is 46.7 Å². The molecule has 1 amide bonds. The van der Waals surface area contributed by atoms with E-state index in [1.165, 1.54) is 6.42 Å². The normalized spacial score (nSPS) is 22.3. The van der Waals surface area contributed by atoms with Crippen LogP contribution >= 0.6 is 11.3 Å². The minimum absolute atomic E-state index is 0.197. The first-order valence-corrected chi connectivity index (χ1v) is 8.45. The van der Waals surface area contributed by atoms with Gasteiger partial charge in [-0.05, 0) is 35.3 Å². The van der Waals surface area contributed by atoms with E-state index in [2.05, 4.69) is 32.0 Å². The van der Waals surface area contributed by atoms with Crippen LogP contribution in [0.4, 0.5) is 0 Å². The molecule has 0 radical (unpaired) electrons. The number of rotatable bonds is 2. The molecule has 0 bridgehead atoms. The third kappa shape index (κ3) is 3.03. The highest BCUT2D eigenvalue weighted by Gasteiger charge is 2.28. The van der Waals surface area contributed by atoms with Crippen LogP contribution in [0.5, 0.6) is 0 Å². The standard InChI is InChI=1S/C18H21NOS/c1-13-10-14(2)12-19(11-13)18(20)17-16(8-9-21-17)15-6-4-3-5-7-15/h3-9,13-14H,10-12H2,1-2H3/t13-,14-/m0/s1. The van der Waals surface area contributed by atoms with Crippen LogP contribution in [0.1, 0.15) is 29.9 Å². The van der Waals surface area contributed by atoms with Crippen LogP contribution in [0.3, 0.4) is 0 Å². The summed E-state index contributed by atoms with van der Waals surface area (Å²) in [5.74, 6) is 1.39. The van der Waals surface area contributed by atoms with E-state index in [1.807, 2.05) is 28.5 Å². The fourth-order valence-corrected chi connectivity index (χ4v) is 4.18. The fraction of sp³-hybridized carbons (Fsp3) is 0.389. The largest absolute Gasteiger partial charge is 0.337 e. The van der Waals surface area contributed by atoms with Crippen LogP contribution in [0, 0.1) is 11.8 Å². The third-order valence-corrected chi connectivity index (χ3v) is 5.00. The van der Waals surface area contributed by atoms with E-state index >= 15 is 0 Å². The zero-order valence-corrected chi connectivity index (χ0v) is 13.4. The Bertz CT molecular complexity index is 609. The van der Waals surface area contributed by atoms with Crippen molar-refractivity contribution >= 4 is 17.2 Å². The molecule has 110 valence electrons. The number of hydrogen-bond acceptors (Lipinski definition) is 2. The van der Waals surface area contributed by atoms with Gasteiger partial charge in [-0.25, -0.2) is 0 Å². The second-order valence-corrected chi connectivity index (χ2v) is 7.10. The lowest BCUT2D eigenvalue weighted by Gasteiger charge is -2.35. The summed E-state index contributed by atoms with van der Waals surface area (Å²) in [6, 6.07) is 12.2. The third-order valence-electron chi connectivity index (χ3n) is 4.10. The van der Waals surface area contributed by atoms with Crippen molar-refractivity contribution in [2.45, 2.75) is 20.3 Å². The van der Waals surface area contributed by atoms with E-state index < -0.39 is 0 Å². The van der Waals surface area contributed by atoms with Gasteiger partial charge in [-0.15, -0.1) is 11.3 Å². The molecular weight excluding hydrogens is 278 g/mol. The average Bonchev–Trinajstić information content (AvgIpc) is 2.95. The van der Waals surface area contributed by atoms with Crippen molar-refractivity contribution in [3.63, 3.8) is 0 Å². The molecule has 1 aliphatic rings. The number of hydrogen-bond donors (Lipinski definition) is 0. The molecule has 1 fully saturated rings. The van der Waals surface area contributed by atoms with Crippen molar-refractivity contribution in [3.8, 4) is 11.1 Å². The molecule has 1 aliphatic heterocycles. The molecule has 1 aromatic heterocycles. The highest BCUT2D eigenvalue weighted by Crippen LogP contribution is 2.31. The quantitative estimate of drug-likeness (QED) is 0.797. The summed E-state index contributed by atoms with van der Waals surface area (Å²) in [6.45, 7) is 6.25. The average molecular weight is 299 g/mol. The van der Waals surface area contributed by atoms with E-state index in [-0.39, 0.29) is 5.91 Å². The summed E-state index contributed by atoms with van der Waals surface area (Å²) in [7, 11) is 0. The van der Waals surface area contributed by atoms with Crippen molar-refractivity contribution in [1.82, 2.24) is 4.90 Å². The van der Waals surface area contributed by atoms with Crippen molar-refractivity contribution in [2.75, 3.05) is 13.1 Å². The maximum absolute atomic E-state index is 12.9. The molecule has 3 heteroatoms. The maximum atomic E-state index is 12.9. The second kappa shape index (κ2) is 6.02. The lowest BCUT2D eigenvalue weighted by molar-refractivity contribution is 0.0629. The highest BCUT2D eigenvalue weighted by atomic mass is 32.1. The van der Waals surface area contributed by atoms with Crippen molar-refractivity contribution in [2.24, 2.45) is 11.8 Å². The van der Waals surface area contributed by atoms with Crippen LogP contribution in [-0.4, -0.2) is 23.9 Å². The maximum Gasteiger partial charge on any atom is 0.264 e. The fourth-order valence-electron chi connectivity index (χ4n) is 3.29. The number of carbonyl (C=O) groups is 1. The predicted octanol–water partition coefficient (Wildman–Crippen LogP) is 4.53. The number of benzene rings is 1. The first-order chi connectivity index (χ1) is 10.1. The monoisotopic (exact) mass is 299 g/mol. The van der Waals surface area contributed by atoms with Gasteiger partial charge in [-0.2, -0.15) is 0 Å². The Balaban J connectivity index is 1.88. The molecule has 0 saturated carbocycles. The van der Waals surface area contributed by atoms with Crippen molar-refractivity contribution < 1.29 is 4.79 Å². The van der Waals surface area contributed by atoms with E-state index in [9.17, 15) is 4.79 Å². The van der Waals surface area contributed by atoms with Gasteiger partial charge in [0.15, 0.2) is 0 Å². The van der Waals surface area contributed by atoms with Crippen LogP contribution in [0.15, 0.2) is 41.8 Å². The second-order valence-electron chi connectivity index (χ2n) is 6.19. The minimum Gasteiger partial charge on any atom is -0.337 e. The molecule has 2 aromatic rings. The lowest BCUT2D eigenvalue weighted by atomic mass is 9.91. The SMILES string of the molecule is C[C@H]1C[C@H](C)CN(C(=O)c2sccc2-c2ccccc2)C1. The Morgan fingerprint density at radius 1 is 1.10 bits per heavy atom. The summed E-state index contributed by atoms with van der Waals surface area (Å²) in [5, 5.41) is 2.02. The molecule has 2 atom stereocenters. The molecular formula is C18H21NOS. The lowest BCUT2D eigenvalue weighted by Crippen LogP contribution is -2.42. The smallest absolute Gasteiger partial charge is 0.264 e. The van der Waals surface area contributed by atoms with Gasteiger partial charge >= 0.3 is 0 Å². The number of thiophene rings is 1. The Morgan fingerprint density at radius 3 is 2.43 bits per heavy atom. The minimum atomic E-state index is 0.197. The van der Waals surface area contributed by atoms with Crippen LogP contribution in [0.2, 0.25) is 0 Å². The number of carbonyl (C=O) groups excluding carboxylic acids is 1. The van der Waals surface area contributed by atoms with Crippen LogP contribution < -0.4 is 0 Å². The Hall–Kier alpha value is -1.61. The van der Waals surface area contributed by atoms with E-state index in [4.69, 9.17) is 0 Å². The summed E-state index contributed by atoms with van der Waals surface area (Å²) >= 11 is 1.56. The van der Waals surface area contributed by atoms with Gasteiger partial charge in [-0.3, -0.25) is 4.79 Å². The first kappa shape index (κ1) is 14.3. The Labute approximate surface area is 130 Å². The van der Waals surface area contributed by atoms with Gasteiger partial charge in [0.25, 0.3) is 5.91 Å². The van der Waals surface area contributed by atoms with Gasteiger partial charge in [0.05, 0.1) is 4.88 Å². The molecule has 0 unspecified atom stereocenters. The summed E-state index contributed by atoms with van der Waals surface area (Å²) in [4.78, 5) is 15.8. The molecule has 2 nitrogen and oxygen atoms in total. The topological polar surface area (TPSA) is 20.3 Å². The molecule has 21 heavy (non-hydrogen) atoms. The number of nitrogens with zero attached hydrogens (tertiary/aromatic N) is 1. The number of amides is 1. The van der Waals surface area contributed by atoms with E-state index in [0.717, 1.165) is 29.1 Å². The molecule has 2 heterocycles. The van der Waals surface area contributed by atoms with E-state index in [1.54, 1.807) is 11.3 Å². The number of piperidine rings is 1. The van der Waals surface area contributed by atoms with Gasteiger partial charge in [0, 0.05) is 18.7 Å². The molecule has 1 aromatic carbocycles. The molecule has 0 aliphatic carbocycles. The summed E-state index contributed by atoms with van der Waals surface area (Å²) in [6.07, 6.45) is 1.22. The molecule has 0 spiro atoms. The van der Waals surface area contributed by atoms with Gasteiger partial charge < -0.3 is 4.90 Å². The zero-order valence-electron chi connectivity index (χ0n) is 12.6. The first-order valence-electron chi connectivity index (χ1n) is 7.57. The van der Waals surface area contributed by atoms with Gasteiger partial charge in [0.2, 0.25) is 0 Å². The molecule has 3 rings (SSSR count). The van der Waals surface area contributed by atoms with Gasteiger partial charge in [0.1, 0.15) is 0 Å². The predicted molar refractivity (Wildman–Crippen MR) is 88.6 cm³/mol. The highest BCUT2D eigenvalue weighted by molar-refractivity contribution is 7.12.